The molecule has 3 N–H and O–H groups in total. The van der Waals surface area contributed by atoms with Crippen LogP contribution in [0.1, 0.15) is 13.3 Å². The maximum atomic E-state index is 10.3. The van der Waals surface area contributed by atoms with E-state index in [1.165, 1.54) is 0 Å². The van der Waals surface area contributed by atoms with Crippen LogP contribution in [0.4, 0.5) is 0 Å². The highest BCUT2D eigenvalue weighted by Crippen LogP contribution is 2.06. The summed E-state index contributed by atoms with van der Waals surface area (Å²) in [6, 6.07) is -0.778. The fraction of sp³-hybridized carbons (Fsp3) is 0.625. The van der Waals surface area contributed by atoms with Crippen LogP contribution in [0.25, 0.3) is 0 Å². The van der Waals surface area contributed by atoms with Crippen molar-refractivity contribution in [1.29, 1.82) is 0 Å². The third-order valence-corrected chi connectivity index (χ3v) is 1.67. The first-order valence-electron chi connectivity index (χ1n) is 3.79. The van der Waals surface area contributed by atoms with E-state index < -0.39 is 12.0 Å². The lowest BCUT2D eigenvalue weighted by Crippen LogP contribution is -2.31. The number of carboxylic acids is 1. The number of rotatable bonds is 5. The van der Waals surface area contributed by atoms with Crippen LogP contribution in [0.3, 0.4) is 0 Å². The second-order valence-corrected chi connectivity index (χ2v) is 3.05. The summed E-state index contributed by atoms with van der Waals surface area (Å²) >= 11 is 5.41. The molecule has 0 aliphatic heterocycles. The molecular formula is C8H14ClNO2. The van der Waals surface area contributed by atoms with Crippen molar-refractivity contribution in [3.05, 3.63) is 12.2 Å². The van der Waals surface area contributed by atoms with Crippen LogP contribution < -0.4 is 5.73 Å². The first-order chi connectivity index (χ1) is 5.57. The van der Waals surface area contributed by atoms with Crippen molar-refractivity contribution >= 4 is 17.6 Å². The van der Waals surface area contributed by atoms with Crippen molar-refractivity contribution < 1.29 is 9.90 Å². The van der Waals surface area contributed by atoms with Gasteiger partial charge in [-0.15, -0.1) is 11.6 Å². The fourth-order valence-electron chi connectivity index (χ4n) is 0.864. The van der Waals surface area contributed by atoms with Gasteiger partial charge in [0.2, 0.25) is 0 Å². The summed E-state index contributed by atoms with van der Waals surface area (Å²) in [6.45, 7) is 1.91. The summed E-state index contributed by atoms with van der Waals surface area (Å²) in [6.07, 6.45) is 4.11. The molecule has 0 radical (unpaired) electrons. The van der Waals surface area contributed by atoms with Gasteiger partial charge in [0, 0.05) is 5.88 Å². The molecule has 12 heavy (non-hydrogen) atoms. The Balaban J connectivity index is 3.75. The molecule has 0 fully saturated rings. The zero-order valence-corrected chi connectivity index (χ0v) is 7.79. The zero-order valence-electron chi connectivity index (χ0n) is 7.03. The Morgan fingerprint density at radius 3 is 2.75 bits per heavy atom. The lowest BCUT2D eigenvalue weighted by atomic mass is 10.0. The maximum Gasteiger partial charge on any atom is 0.320 e. The number of hydrogen-bond acceptors (Lipinski definition) is 2. The number of halogens is 1. The Kier molecular flexibility index (Phi) is 5.76. The summed E-state index contributed by atoms with van der Waals surface area (Å²) in [7, 11) is 0. The molecule has 0 saturated heterocycles. The van der Waals surface area contributed by atoms with Crippen molar-refractivity contribution in [3.8, 4) is 0 Å². The molecular weight excluding hydrogens is 178 g/mol. The van der Waals surface area contributed by atoms with E-state index in [2.05, 4.69) is 0 Å². The SMILES string of the molecule is CC(/C=C/CCl)C[C@H](N)C(=O)O. The molecule has 0 aromatic carbocycles. The van der Waals surface area contributed by atoms with Gasteiger partial charge < -0.3 is 10.8 Å². The van der Waals surface area contributed by atoms with Crippen molar-refractivity contribution in [2.24, 2.45) is 11.7 Å². The molecule has 1 unspecified atom stereocenters. The minimum Gasteiger partial charge on any atom is -0.480 e. The summed E-state index contributed by atoms with van der Waals surface area (Å²) in [4.78, 5) is 10.3. The smallest absolute Gasteiger partial charge is 0.320 e. The Morgan fingerprint density at radius 2 is 2.33 bits per heavy atom. The lowest BCUT2D eigenvalue weighted by molar-refractivity contribution is -0.138. The number of nitrogens with two attached hydrogens (primary N) is 1. The van der Waals surface area contributed by atoms with E-state index in [4.69, 9.17) is 22.4 Å². The molecule has 0 spiro atoms. The average Bonchev–Trinajstić information content (AvgIpc) is 2.00. The molecule has 0 saturated carbocycles. The lowest BCUT2D eigenvalue weighted by Gasteiger charge is -2.09. The van der Waals surface area contributed by atoms with Gasteiger partial charge in [-0.3, -0.25) is 4.79 Å². The molecule has 4 heteroatoms. The molecule has 0 amide bonds. The van der Waals surface area contributed by atoms with Gasteiger partial charge in [0.15, 0.2) is 0 Å². The van der Waals surface area contributed by atoms with Crippen LogP contribution in [0.2, 0.25) is 0 Å². The van der Waals surface area contributed by atoms with Crippen molar-refractivity contribution in [3.63, 3.8) is 0 Å². The number of alkyl halides is 1. The van der Waals surface area contributed by atoms with Crippen molar-refractivity contribution in [2.45, 2.75) is 19.4 Å². The second-order valence-electron chi connectivity index (χ2n) is 2.74. The van der Waals surface area contributed by atoms with Crippen molar-refractivity contribution in [2.75, 3.05) is 5.88 Å². The Morgan fingerprint density at radius 1 is 1.75 bits per heavy atom. The first kappa shape index (κ1) is 11.5. The van der Waals surface area contributed by atoms with E-state index in [-0.39, 0.29) is 5.92 Å². The Hall–Kier alpha value is -0.540. The number of aliphatic carboxylic acids is 1. The van der Waals surface area contributed by atoms with Crippen LogP contribution in [0.15, 0.2) is 12.2 Å². The van der Waals surface area contributed by atoms with Crippen LogP contribution in [0, 0.1) is 5.92 Å². The average molecular weight is 192 g/mol. The third-order valence-electron chi connectivity index (χ3n) is 1.50. The highest BCUT2D eigenvalue weighted by Gasteiger charge is 2.13. The van der Waals surface area contributed by atoms with Gasteiger partial charge in [-0.2, -0.15) is 0 Å². The third kappa shape index (κ3) is 5.16. The first-order valence-corrected chi connectivity index (χ1v) is 4.32. The molecule has 0 aliphatic carbocycles. The molecule has 3 nitrogen and oxygen atoms in total. The minimum atomic E-state index is -0.957. The standard InChI is InChI=1S/C8H14ClNO2/c1-6(3-2-4-9)5-7(10)8(11)12/h2-3,6-7H,4-5,10H2,1H3,(H,11,12)/b3-2+/t6?,7-/m0/s1. The Bertz CT molecular complexity index is 170. The van der Waals surface area contributed by atoms with E-state index >= 15 is 0 Å². The summed E-state index contributed by atoms with van der Waals surface area (Å²) < 4.78 is 0. The molecule has 0 aromatic rings. The van der Waals surface area contributed by atoms with Crippen LogP contribution in [0.5, 0.6) is 0 Å². The van der Waals surface area contributed by atoms with Gasteiger partial charge in [-0.05, 0) is 12.3 Å². The molecule has 0 aliphatic rings. The van der Waals surface area contributed by atoms with Gasteiger partial charge in [-0.25, -0.2) is 0 Å². The predicted molar refractivity (Wildman–Crippen MR) is 49.3 cm³/mol. The maximum absolute atomic E-state index is 10.3. The minimum absolute atomic E-state index is 0.162. The monoisotopic (exact) mass is 191 g/mol. The van der Waals surface area contributed by atoms with E-state index in [1.807, 2.05) is 13.0 Å². The highest BCUT2D eigenvalue weighted by atomic mass is 35.5. The van der Waals surface area contributed by atoms with Crippen molar-refractivity contribution in [1.82, 2.24) is 0 Å². The number of allylic oxidation sites excluding steroid dienone is 2. The van der Waals surface area contributed by atoms with Crippen LogP contribution in [-0.2, 0) is 4.79 Å². The van der Waals surface area contributed by atoms with Gasteiger partial charge in [0.1, 0.15) is 6.04 Å². The summed E-state index contributed by atoms with van der Waals surface area (Å²) in [5, 5.41) is 8.48. The van der Waals surface area contributed by atoms with Gasteiger partial charge >= 0.3 is 5.97 Å². The van der Waals surface area contributed by atoms with E-state index in [9.17, 15) is 4.79 Å². The summed E-state index contributed by atoms with van der Waals surface area (Å²) in [5.74, 6) is -0.344. The molecule has 0 heterocycles. The largest absolute Gasteiger partial charge is 0.480 e. The quantitative estimate of drug-likeness (QED) is 0.508. The fourth-order valence-corrected chi connectivity index (χ4v) is 0.967. The number of hydrogen-bond donors (Lipinski definition) is 2. The van der Waals surface area contributed by atoms with E-state index in [0.29, 0.717) is 12.3 Å². The number of carboxylic acid groups (broad SMARTS) is 1. The molecule has 0 bridgehead atoms. The normalized spacial score (nSPS) is 16.2. The predicted octanol–water partition coefficient (Wildman–Crippen LogP) is 1.22. The molecule has 0 rings (SSSR count). The second kappa shape index (κ2) is 6.03. The molecule has 0 aromatic heterocycles. The van der Waals surface area contributed by atoms with E-state index in [1.54, 1.807) is 6.08 Å². The van der Waals surface area contributed by atoms with Gasteiger partial charge in [0.25, 0.3) is 0 Å². The zero-order chi connectivity index (χ0) is 9.56. The van der Waals surface area contributed by atoms with Crippen LogP contribution in [-0.4, -0.2) is 23.0 Å². The Labute approximate surface area is 77.2 Å². The summed E-state index contributed by atoms with van der Waals surface area (Å²) in [5.41, 5.74) is 5.32. The highest BCUT2D eigenvalue weighted by molar-refractivity contribution is 6.18. The number of carbonyl (C=O) groups is 1. The molecule has 2 atom stereocenters. The van der Waals surface area contributed by atoms with E-state index in [0.717, 1.165) is 0 Å². The van der Waals surface area contributed by atoms with Gasteiger partial charge in [0.05, 0.1) is 0 Å². The molecule has 70 valence electrons. The topological polar surface area (TPSA) is 63.3 Å². The van der Waals surface area contributed by atoms with Crippen LogP contribution >= 0.6 is 11.6 Å². The van der Waals surface area contributed by atoms with Gasteiger partial charge in [-0.1, -0.05) is 19.1 Å².